The average molecular weight is 752 g/mol. The molecule has 4 heteroatoms. The Balaban J connectivity index is 1.03. The number of fused-ring (bicyclic) bond motifs is 7. The number of nitrogens with zero attached hydrogens (tertiary/aromatic N) is 1. The quantitative estimate of drug-likeness (QED) is 0.163. The van der Waals surface area contributed by atoms with Crippen molar-refractivity contribution in [3.8, 4) is 45.3 Å². The molecule has 11 rings (SSSR count). The van der Waals surface area contributed by atoms with Gasteiger partial charge in [-0.25, -0.2) is 0 Å². The summed E-state index contributed by atoms with van der Waals surface area (Å²) < 4.78 is 13.0. The molecule has 0 spiro atoms. The highest BCUT2D eigenvalue weighted by Gasteiger charge is 2.35. The molecule has 2 aliphatic rings. The molecule has 9 aromatic carbocycles. The summed E-state index contributed by atoms with van der Waals surface area (Å²) in [6.45, 7) is 4.57. The highest BCUT2D eigenvalue weighted by atomic mass is 32.2. The summed E-state index contributed by atoms with van der Waals surface area (Å²) in [6.07, 6.45) is 0. The fraction of sp³-hybridized carbons (Fsp3) is 0.0566. The first-order valence-corrected chi connectivity index (χ1v) is 20.2. The molecule has 2 heterocycles. The fourth-order valence-corrected chi connectivity index (χ4v) is 9.78. The first-order chi connectivity index (χ1) is 28.0. The van der Waals surface area contributed by atoms with Crippen LogP contribution in [0.1, 0.15) is 25.0 Å². The van der Waals surface area contributed by atoms with Crippen molar-refractivity contribution >= 4 is 50.4 Å². The predicted octanol–water partition coefficient (Wildman–Crippen LogP) is 15.5. The number of benzene rings is 9. The van der Waals surface area contributed by atoms with E-state index in [1.54, 1.807) is 11.8 Å². The lowest BCUT2D eigenvalue weighted by molar-refractivity contribution is 0.419. The molecule has 0 N–H and O–H groups in total. The minimum absolute atomic E-state index is 0.185. The van der Waals surface area contributed by atoms with Crippen molar-refractivity contribution in [2.45, 2.75) is 29.1 Å². The van der Waals surface area contributed by atoms with Crippen LogP contribution >= 0.6 is 11.8 Å². The summed E-state index contributed by atoms with van der Waals surface area (Å²) in [4.78, 5) is 4.66. The molecular formula is C53H37NO2S. The molecule has 0 saturated carbocycles. The van der Waals surface area contributed by atoms with Crippen LogP contribution in [-0.4, -0.2) is 0 Å². The van der Waals surface area contributed by atoms with E-state index >= 15 is 0 Å². The number of rotatable bonds is 5. The number of ether oxygens (including phenoxy) is 2. The molecule has 2 aliphatic heterocycles. The third kappa shape index (κ3) is 5.51. The molecule has 0 fully saturated rings. The van der Waals surface area contributed by atoms with Gasteiger partial charge in [0.2, 0.25) is 0 Å². The normalized spacial score (nSPS) is 13.4. The van der Waals surface area contributed by atoms with Gasteiger partial charge in [0.05, 0.1) is 15.5 Å². The lowest BCUT2D eigenvalue weighted by atomic mass is 9.75. The highest BCUT2D eigenvalue weighted by molar-refractivity contribution is 7.99. The van der Waals surface area contributed by atoms with E-state index < -0.39 is 0 Å². The minimum atomic E-state index is -0.185. The Labute approximate surface area is 336 Å². The van der Waals surface area contributed by atoms with E-state index in [1.165, 1.54) is 32.7 Å². The minimum Gasteiger partial charge on any atom is -0.456 e. The van der Waals surface area contributed by atoms with E-state index in [2.05, 4.69) is 195 Å². The number of para-hydroxylation sites is 3. The Morgan fingerprint density at radius 3 is 1.82 bits per heavy atom. The Bertz CT molecular complexity index is 3020. The lowest BCUT2D eigenvalue weighted by Crippen LogP contribution is -2.24. The van der Waals surface area contributed by atoms with Crippen molar-refractivity contribution in [3.63, 3.8) is 0 Å². The molecule has 272 valence electrons. The molecule has 9 aromatic rings. The van der Waals surface area contributed by atoms with Crippen molar-refractivity contribution in [2.75, 3.05) is 4.90 Å². The van der Waals surface area contributed by atoms with Crippen LogP contribution in [0.15, 0.2) is 198 Å². The van der Waals surface area contributed by atoms with Crippen LogP contribution in [0.2, 0.25) is 0 Å². The van der Waals surface area contributed by atoms with Crippen molar-refractivity contribution in [2.24, 2.45) is 0 Å². The van der Waals surface area contributed by atoms with Gasteiger partial charge in [-0.05, 0) is 87.4 Å². The molecule has 3 nitrogen and oxygen atoms in total. The van der Waals surface area contributed by atoms with Crippen LogP contribution in [0.3, 0.4) is 0 Å². The zero-order valence-corrected chi connectivity index (χ0v) is 32.4. The second kappa shape index (κ2) is 13.2. The van der Waals surface area contributed by atoms with Gasteiger partial charge in [-0.3, -0.25) is 0 Å². The van der Waals surface area contributed by atoms with E-state index in [0.29, 0.717) is 0 Å². The number of anilines is 3. The van der Waals surface area contributed by atoms with E-state index in [9.17, 15) is 0 Å². The lowest BCUT2D eigenvalue weighted by Gasteiger charge is -2.35. The van der Waals surface area contributed by atoms with E-state index in [0.717, 1.165) is 72.1 Å². The second-order valence-electron chi connectivity index (χ2n) is 15.3. The summed E-state index contributed by atoms with van der Waals surface area (Å²) >= 11 is 1.77. The largest absolute Gasteiger partial charge is 0.456 e. The summed E-state index contributed by atoms with van der Waals surface area (Å²) in [5.74, 6) is 3.64. The molecular weight excluding hydrogens is 715 g/mol. The van der Waals surface area contributed by atoms with Gasteiger partial charge in [0, 0.05) is 38.9 Å². The average Bonchev–Trinajstić information content (AvgIpc) is 3.26. The van der Waals surface area contributed by atoms with Gasteiger partial charge in [0.25, 0.3) is 0 Å². The Kier molecular flexibility index (Phi) is 7.77. The molecule has 0 atom stereocenters. The van der Waals surface area contributed by atoms with Gasteiger partial charge in [-0.1, -0.05) is 159 Å². The maximum Gasteiger partial charge on any atom is 0.142 e. The van der Waals surface area contributed by atoms with E-state index in [4.69, 9.17) is 9.47 Å². The molecule has 0 unspecified atom stereocenters. The first kappa shape index (κ1) is 33.6. The van der Waals surface area contributed by atoms with Gasteiger partial charge < -0.3 is 14.4 Å². The first-order valence-electron chi connectivity index (χ1n) is 19.4. The maximum absolute atomic E-state index is 6.68. The molecule has 57 heavy (non-hydrogen) atoms. The maximum atomic E-state index is 6.68. The Hall–Kier alpha value is -6.75. The Morgan fingerprint density at radius 2 is 1.04 bits per heavy atom. The second-order valence-corrected chi connectivity index (χ2v) is 16.3. The van der Waals surface area contributed by atoms with Crippen LogP contribution < -0.4 is 14.4 Å². The molecule has 0 radical (unpaired) electrons. The third-order valence-corrected chi connectivity index (χ3v) is 12.8. The molecule has 0 saturated heterocycles. The van der Waals surface area contributed by atoms with Crippen LogP contribution in [-0.2, 0) is 5.41 Å². The number of hydrogen-bond donors (Lipinski definition) is 0. The third-order valence-electron chi connectivity index (χ3n) is 11.6. The summed E-state index contributed by atoms with van der Waals surface area (Å²) in [5, 5.41) is 4.87. The summed E-state index contributed by atoms with van der Waals surface area (Å²) in [6, 6.07) is 67.2. The van der Waals surface area contributed by atoms with Crippen molar-refractivity contribution in [1.82, 2.24) is 0 Å². The predicted molar refractivity (Wildman–Crippen MR) is 236 cm³/mol. The molecule has 0 bridgehead atoms. The molecule has 0 aromatic heterocycles. The van der Waals surface area contributed by atoms with Crippen molar-refractivity contribution in [1.29, 1.82) is 0 Å². The van der Waals surface area contributed by atoms with Gasteiger partial charge in [-0.2, -0.15) is 0 Å². The van der Waals surface area contributed by atoms with Gasteiger partial charge >= 0.3 is 0 Å². The Morgan fingerprint density at radius 1 is 0.456 bits per heavy atom. The zero-order chi connectivity index (χ0) is 38.1. The fourth-order valence-electron chi connectivity index (χ4n) is 8.70. The smallest absolute Gasteiger partial charge is 0.142 e. The highest BCUT2D eigenvalue weighted by Crippen LogP contribution is 2.53. The van der Waals surface area contributed by atoms with E-state index in [-0.39, 0.29) is 5.41 Å². The van der Waals surface area contributed by atoms with Crippen molar-refractivity contribution in [3.05, 3.63) is 199 Å². The topological polar surface area (TPSA) is 21.7 Å². The van der Waals surface area contributed by atoms with Crippen molar-refractivity contribution < 1.29 is 9.47 Å². The van der Waals surface area contributed by atoms with E-state index in [1.807, 2.05) is 12.1 Å². The molecule has 0 amide bonds. The zero-order valence-electron chi connectivity index (χ0n) is 31.6. The van der Waals surface area contributed by atoms with Crippen LogP contribution in [0, 0.1) is 0 Å². The standard InChI is InChI=1S/C53H37NO2S/c1-53(2)44-19-7-8-21-47(44)56-51-40(17-11-20-45(51)53)34-25-29-37(30-26-34)54(46-33-36-13-3-4-14-39(36)42-15-5-6-16-43(42)46)38-31-27-35(28-32-38)41-18-12-23-49-52(41)57-50-24-10-9-22-48(50)55-49/h3-33H,1-2H3. The number of hydrogen-bond acceptors (Lipinski definition) is 4. The van der Waals surface area contributed by atoms with Gasteiger partial charge in [0.1, 0.15) is 23.0 Å². The van der Waals surface area contributed by atoms with Crippen LogP contribution in [0.4, 0.5) is 17.1 Å². The van der Waals surface area contributed by atoms with Gasteiger partial charge in [0.15, 0.2) is 0 Å². The summed E-state index contributed by atoms with van der Waals surface area (Å²) in [7, 11) is 0. The van der Waals surface area contributed by atoms with Crippen LogP contribution in [0.5, 0.6) is 23.0 Å². The monoisotopic (exact) mass is 751 g/mol. The molecule has 0 aliphatic carbocycles. The van der Waals surface area contributed by atoms with Gasteiger partial charge in [-0.15, -0.1) is 0 Å². The van der Waals surface area contributed by atoms with Crippen LogP contribution in [0.25, 0.3) is 43.8 Å². The SMILES string of the molecule is CC1(C)c2ccccc2Oc2c(-c3ccc(N(c4ccc(-c5cccc6c5Sc5ccccc5O6)cc4)c4cc5ccccc5c5ccccc45)cc3)cccc21. The summed E-state index contributed by atoms with van der Waals surface area (Å²) in [5.41, 5.74) is 9.99.